The number of nitrogens with one attached hydrogen (secondary N) is 1. The molecule has 0 radical (unpaired) electrons. The molecule has 3 rings (SSSR count). The van der Waals surface area contributed by atoms with Gasteiger partial charge in [-0.15, -0.1) is 0 Å². The molecule has 1 saturated heterocycles. The predicted molar refractivity (Wildman–Crippen MR) is 114 cm³/mol. The minimum Gasteiger partial charge on any atom is -0.306 e. The number of nitrogens with zero attached hydrogens (tertiary/aromatic N) is 3. The van der Waals surface area contributed by atoms with Gasteiger partial charge in [-0.05, 0) is 82.4 Å². The summed E-state index contributed by atoms with van der Waals surface area (Å²) in [5, 5.41) is 4.05. The number of hydrogen-bond acceptors (Lipinski definition) is 5. The number of rotatable bonds is 6. The molecule has 7 nitrogen and oxygen atoms in total. The van der Waals surface area contributed by atoms with Crippen LogP contribution in [0.4, 0.5) is 0 Å². The molecule has 29 heavy (non-hydrogen) atoms. The number of allylic oxidation sites excluding steroid dienone is 2. The molecule has 1 N–H and O–H groups in total. The number of carbonyl (C=O) groups excluding carboxylic acids is 1. The van der Waals surface area contributed by atoms with Crippen molar-refractivity contribution < 1.29 is 13.2 Å². The van der Waals surface area contributed by atoms with E-state index in [4.69, 9.17) is 0 Å². The molecule has 0 saturated carbocycles. The number of benzene rings is 1. The quantitative estimate of drug-likeness (QED) is 0.437. The van der Waals surface area contributed by atoms with Crippen molar-refractivity contribution in [1.82, 2.24) is 14.6 Å². The van der Waals surface area contributed by atoms with Gasteiger partial charge >= 0.3 is 0 Å². The minimum atomic E-state index is -3.58. The van der Waals surface area contributed by atoms with Gasteiger partial charge in [0, 0.05) is 24.9 Å². The Kier molecular flexibility index (Phi) is 7.21. The third kappa shape index (κ3) is 5.52. The molecule has 8 heteroatoms. The van der Waals surface area contributed by atoms with Crippen LogP contribution in [0.1, 0.15) is 42.5 Å². The van der Waals surface area contributed by atoms with Crippen molar-refractivity contribution in [2.24, 2.45) is 11.0 Å². The molecule has 1 aliphatic carbocycles. The van der Waals surface area contributed by atoms with Crippen molar-refractivity contribution in [2.75, 3.05) is 27.2 Å². The Morgan fingerprint density at radius 1 is 1.17 bits per heavy atom. The van der Waals surface area contributed by atoms with Gasteiger partial charge in [0.2, 0.25) is 10.0 Å². The third-order valence-electron chi connectivity index (χ3n) is 5.76. The van der Waals surface area contributed by atoms with Gasteiger partial charge in [0.1, 0.15) is 0 Å². The standard InChI is InChI=1S/C21H30N4O3S/c1-24-14-12-19(13-15-24)25(2)29(27,28)20-10-8-18(9-11-20)21(26)23-22-16-17-6-4-3-5-7-17/h3-4,8-11,16-17,19H,5-7,12-15H2,1-2H3,(H,23,26)/b22-16-/t17-/m1/s1. The Labute approximate surface area is 173 Å². The van der Waals surface area contributed by atoms with Crippen LogP contribution in [0, 0.1) is 5.92 Å². The number of hydrazone groups is 1. The average Bonchev–Trinajstić information content (AvgIpc) is 2.74. The average molecular weight is 419 g/mol. The van der Waals surface area contributed by atoms with Gasteiger partial charge in [-0.25, -0.2) is 13.8 Å². The zero-order valence-corrected chi connectivity index (χ0v) is 17.9. The van der Waals surface area contributed by atoms with E-state index in [1.54, 1.807) is 13.3 Å². The minimum absolute atomic E-state index is 0.00291. The largest absolute Gasteiger partial charge is 0.306 e. The summed E-state index contributed by atoms with van der Waals surface area (Å²) in [6.45, 7) is 1.78. The van der Waals surface area contributed by atoms with E-state index in [1.165, 1.54) is 28.6 Å². The number of carbonyl (C=O) groups is 1. The first-order chi connectivity index (χ1) is 13.9. The lowest BCUT2D eigenvalue weighted by atomic mass is 9.96. The van der Waals surface area contributed by atoms with E-state index >= 15 is 0 Å². The molecule has 1 fully saturated rings. The van der Waals surface area contributed by atoms with Gasteiger partial charge in [0.15, 0.2) is 0 Å². The van der Waals surface area contributed by atoms with Gasteiger partial charge < -0.3 is 4.90 Å². The second-order valence-electron chi connectivity index (χ2n) is 7.84. The summed E-state index contributed by atoms with van der Waals surface area (Å²) >= 11 is 0. The van der Waals surface area contributed by atoms with Crippen LogP contribution in [0.5, 0.6) is 0 Å². The molecule has 1 aromatic carbocycles. The van der Waals surface area contributed by atoms with Crippen molar-refractivity contribution in [2.45, 2.75) is 43.0 Å². The second kappa shape index (κ2) is 9.65. The summed E-state index contributed by atoms with van der Waals surface area (Å²) < 4.78 is 27.3. The molecular formula is C21H30N4O3S. The highest BCUT2D eigenvalue weighted by atomic mass is 32.2. The molecule has 1 amide bonds. The normalized spacial score (nSPS) is 21.7. The predicted octanol–water partition coefficient (Wildman–Crippen LogP) is 2.47. The van der Waals surface area contributed by atoms with Crippen LogP contribution in [-0.4, -0.2) is 63.0 Å². The van der Waals surface area contributed by atoms with Gasteiger partial charge in [0.05, 0.1) is 4.90 Å². The summed E-state index contributed by atoms with van der Waals surface area (Å²) in [4.78, 5) is 14.7. The Balaban J connectivity index is 1.60. The number of likely N-dealkylation sites (tertiary alicyclic amines) is 1. The Morgan fingerprint density at radius 3 is 2.48 bits per heavy atom. The fourth-order valence-electron chi connectivity index (χ4n) is 3.72. The highest BCUT2D eigenvalue weighted by Crippen LogP contribution is 2.22. The van der Waals surface area contributed by atoms with Crippen molar-refractivity contribution >= 4 is 22.1 Å². The number of amides is 1. The van der Waals surface area contributed by atoms with Crippen LogP contribution < -0.4 is 5.43 Å². The summed E-state index contributed by atoms with van der Waals surface area (Å²) in [5.41, 5.74) is 2.91. The molecule has 158 valence electrons. The second-order valence-corrected chi connectivity index (χ2v) is 9.84. The van der Waals surface area contributed by atoms with Crippen molar-refractivity contribution in [3.05, 3.63) is 42.0 Å². The van der Waals surface area contributed by atoms with Gasteiger partial charge in [-0.1, -0.05) is 12.2 Å². The molecule has 1 atom stereocenters. The van der Waals surface area contributed by atoms with Crippen LogP contribution in [-0.2, 0) is 10.0 Å². The summed E-state index contributed by atoms with van der Waals surface area (Å²) in [6, 6.07) is 6.05. The van der Waals surface area contributed by atoms with E-state index < -0.39 is 10.0 Å². The van der Waals surface area contributed by atoms with Crippen LogP contribution in [0.15, 0.2) is 46.4 Å². The maximum Gasteiger partial charge on any atom is 0.271 e. The first-order valence-corrected chi connectivity index (χ1v) is 11.6. The first-order valence-electron chi connectivity index (χ1n) is 10.1. The molecule has 0 unspecified atom stereocenters. The molecule has 1 aromatic rings. The molecule has 0 aromatic heterocycles. The van der Waals surface area contributed by atoms with Crippen molar-refractivity contribution in [3.63, 3.8) is 0 Å². The van der Waals surface area contributed by atoms with Crippen LogP contribution in [0.25, 0.3) is 0 Å². The molecule has 2 aliphatic rings. The maximum atomic E-state index is 12.9. The van der Waals surface area contributed by atoms with Gasteiger partial charge in [0.25, 0.3) is 5.91 Å². The van der Waals surface area contributed by atoms with E-state index in [-0.39, 0.29) is 16.8 Å². The Morgan fingerprint density at radius 2 is 1.86 bits per heavy atom. The number of hydrogen-bond donors (Lipinski definition) is 1. The highest BCUT2D eigenvalue weighted by molar-refractivity contribution is 7.89. The fourth-order valence-corrected chi connectivity index (χ4v) is 5.13. The Bertz CT molecular complexity index is 856. The first kappa shape index (κ1) is 21.7. The fraction of sp³-hybridized carbons (Fsp3) is 0.524. The van der Waals surface area contributed by atoms with Crippen LogP contribution in [0.3, 0.4) is 0 Å². The Hall–Kier alpha value is -2.03. The molecule has 1 aliphatic heterocycles. The van der Waals surface area contributed by atoms with Crippen molar-refractivity contribution in [1.29, 1.82) is 0 Å². The molecule has 0 bridgehead atoms. The van der Waals surface area contributed by atoms with E-state index in [1.807, 2.05) is 7.05 Å². The molecular weight excluding hydrogens is 388 g/mol. The van der Waals surface area contributed by atoms with Gasteiger partial charge in [-0.3, -0.25) is 4.79 Å². The zero-order chi connectivity index (χ0) is 20.9. The maximum absolute atomic E-state index is 12.9. The van der Waals surface area contributed by atoms with Crippen LogP contribution in [0.2, 0.25) is 0 Å². The number of sulfonamides is 1. The monoisotopic (exact) mass is 418 g/mol. The summed E-state index contributed by atoms with van der Waals surface area (Å²) in [5.74, 6) is 0.00292. The smallest absolute Gasteiger partial charge is 0.271 e. The van der Waals surface area contributed by atoms with E-state index in [9.17, 15) is 13.2 Å². The SMILES string of the molecule is CN1CCC(N(C)S(=O)(=O)c2ccc(C(=O)N/N=C\[C@@H]3CC=CCC3)cc2)CC1. The van der Waals surface area contributed by atoms with Crippen molar-refractivity contribution in [3.8, 4) is 0 Å². The van der Waals surface area contributed by atoms with Gasteiger partial charge in [-0.2, -0.15) is 9.41 Å². The summed E-state index contributed by atoms with van der Waals surface area (Å²) in [6.07, 6.45) is 10.7. The van der Waals surface area contributed by atoms with E-state index in [0.717, 1.165) is 45.2 Å². The zero-order valence-electron chi connectivity index (χ0n) is 17.1. The third-order valence-corrected chi connectivity index (χ3v) is 7.68. The highest BCUT2D eigenvalue weighted by Gasteiger charge is 2.30. The topological polar surface area (TPSA) is 82.1 Å². The lowest BCUT2D eigenvalue weighted by Crippen LogP contribution is -2.44. The number of piperidine rings is 1. The van der Waals surface area contributed by atoms with E-state index in [2.05, 4.69) is 27.6 Å². The van der Waals surface area contributed by atoms with Crippen LogP contribution >= 0.6 is 0 Å². The molecule has 1 heterocycles. The summed E-state index contributed by atoms with van der Waals surface area (Å²) in [7, 11) is 0.103. The lowest BCUT2D eigenvalue weighted by Gasteiger charge is -2.34. The van der Waals surface area contributed by atoms with E-state index in [0.29, 0.717) is 11.5 Å². The lowest BCUT2D eigenvalue weighted by molar-refractivity contribution is 0.0954. The molecule has 0 spiro atoms.